The highest BCUT2D eigenvalue weighted by Gasteiger charge is 2.56. The first-order valence-corrected chi connectivity index (χ1v) is 23.3. The van der Waals surface area contributed by atoms with Gasteiger partial charge in [-0.25, -0.2) is 5.84 Å². The number of hydrogen-bond donors (Lipinski definition) is 4. The number of benzene rings is 2. The van der Waals surface area contributed by atoms with Crippen LogP contribution in [0.1, 0.15) is 116 Å². The molecule has 2 aromatic carbocycles. The Morgan fingerprint density at radius 3 is 2.20 bits per heavy atom. The fraction of sp³-hybridized carbons (Fsp3) is 0.415. The second kappa shape index (κ2) is 15.0. The van der Waals surface area contributed by atoms with Crippen LogP contribution in [0.5, 0.6) is 0 Å². The predicted molar refractivity (Wildman–Crippen MR) is 252 cm³/mol. The summed E-state index contributed by atoms with van der Waals surface area (Å²) in [5.41, 5.74) is 26.6. The molecule has 2 saturated carbocycles. The van der Waals surface area contributed by atoms with Crippen molar-refractivity contribution in [3.05, 3.63) is 123 Å². The third-order valence-electron chi connectivity index (χ3n) is 14.9. The van der Waals surface area contributed by atoms with Crippen LogP contribution in [-0.4, -0.2) is 76.7 Å². The quantitative estimate of drug-likeness (QED) is 0.0827. The Hall–Kier alpha value is -6.13. The van der Waals surface area contributed by atoms with Crippen LogP contribution in [0.2, 0.25) is 0 Å². The van der Waals surface area contributed by atoms with Gasteiger partial charge in [0.25, 0.3) is 11.8 Å². The number of carbonyl (C=O) groups is 2. The molecular weight excluding hydrogens is 809 g/mol. The highest BCUT2D eigenvalue weighted by Crippen LogP contribution is 2.49. The summed E-state index contributed by atoms with van der Waals surface area (Å²) in [5.74, 6) is 12.8. The Morgan fingerprint density at radius 1 is 0.846 bits per heavy atom. The summed E-state index contributed by atoms with van der Waals surface area (Å²) in [6, 6.07) is 21.0. The number of pyridine rings is 2. The summed E-state index contributed by atoms with van der Waals surface area (Å²) in [6.07, 6.45) is 12.5. The van der Waals surface area contributed by atoms with E-state index in [4.69, 9.17) is 32.4 Å². The van der Waals surface area contributed by atoms with Crippen LogP contribution in [0, 0.1) is 11.8 Å². The third kappa shape index (κ3) is 7.63. The molecule has 332 valence electrons. The fourth-order valence-corrected chi connectivity index (χ4v) is 10.7. The molecule has 0 bridgehead atoms. The maximum atomic E-state index is 14.7. The van der Waals surface area contributed by atoms with Gasteiger partial charge in [-0.3, -0.25) is 24.2 Å². The number of aromatic nitrogens is 4. The molecule has 1 saturated heterocycles. The molecule has 3 aromatic heterocycles. The zero-order chi connectivity index (χ0) is 45.0. The van der Waals surface area contributed by atoms with Crippen molar-refractivity contribution in [2.45, 2.75) is 127 Å². The molecule has 11 rings (SSSR count). The van der Waals surface area contributed by atoms with E-state index in [1.165, 1.54) is 16.7 Å². The van der Waals surface area contributed by atoms with Crippen LogP contribution >= 0.6 is 0 Å². The molecule has 2 spiro atoms. The highest BCUT2D eigenvalue weighted by molar-refractivity contribution is 5.98. The molecular formula is C53H58N10O2. The number of nitrogens with one attached hydrogen (secondary N) is 1. The van der Waals surface area contributed by atoms with E-state index < -0.39 is 11.1 Å². The van der Waals surface area contributed by atoms with Gasteiger partial charge in [-0.2, -0.15) is 5.10 Å². The van der Waals surface area contributed by atoms with Crippen LogP contribution in [-0.2, 0) is 37.0 Å². The number of hydrazine groups is 1. The summed E-state index contributed by atoms with van der Waals surface area (Å²) in [7, 11) is 0. The van der Waals surface area contributed by atoms with E-state index in [-0.39, 0.29) is 28.8 Å². The van der Waals surface area contributed by atoms with Crippen molar-refractivity contribution < 1.29 is 9.59 Å². The van der Waals surface area contributed by atoms with Gasteiger partial charge in [-0.1, -0.05) is 55.2 Å². The van der Waals surface area contributed by atoms with Crippen LogP contribution in [0.4, 0.5) is 0 Å². The Balaban J connectivity index is 0.771. The second-order valence-corrected chi connectivity index (χ2v) is 20.8. The van der Waals surface area contributed by atoms with Gasteiger partial charge < -0.3 is 26.7 Å². The number of nitrogens with zero attached hydrogens (tertiary/aromatic N) is 6. The van der Waals surface area contributed by atoms with E-state index in [1.807, 2.05) is 55.2 Å². The van der Waals surface area contributed by atoms with Crippen LogP contribution in [0.3, 0.4) is 0 Å². The standard InChI is InChI=1S/C53H58N10O2/c1-32-39(46-48(64)59-52(21-22-52)30-62(46)56)15-13-37-27-57-43(25-41(32)37)35-11-7-34(8-12-35)18-20-51(4,55)29-61-49(65)47-40-16-14-38-28-58-44(36-9-5-33(6-10-36)17-19-50(2,3)54)26-42(38)45(40)60-63(47)31-53(61)23-24-53/h5-12,25-28,32H,13-16,18,20-24,29-31,54-56H2,1-4H3,(H,59,64)/b46-39-. The summed E-state index contributed by atoms with van der Waals surface area (Å²) < 4.78 is 1.99. The maximum absolute atomic E-state index is 14.7. The summed E-state index contributed by atoms with van der Waals surface area (Å²) in [5, 5.41) is 10.1. The van der Waals surface area contributed by atoms with E-state index in [9.17, 15) is 9.59 Å². The summed E-state index contributed by atoms with van der Waals surface area (Å²) >= 11 is 0. The number of carbonyl (C=O) groups excluding carboxylic acids is 2. The lowest BCUT2D eigenvalue weighted by atomic mass is 9.79. The van der Waals surface area contributed by atoms with Crippen molar-refractivity contribution in [2.75, 3.05) is 13.1 Å². The lowest BCUT2D eigenvalue weighted by Gasteiger charge is -2.41. The SMILES string of the molecule is CC1/C(=C2/C(=O)NC3(CC3)CN2N)CCc2cnc(-c3ccc(CCC(C)(N)CN4C(=O)c5c6c(nn5CC45CC5)-c4cc(-c5ccc(C#CC(C)(C)N)cc5)ncc4CC6)cc3)cc21. The van der Waals surface area contributed by atoms with Gasteiger partial charge in [0, 0.05) is 58.2 Å². The zero-order valence-corrected chi connectivity index (χ0v) is 37.9. The minimum Gasteiger partial charge on any atom is -0.343 e. The van der Waals surface area contributed by atoms with E-state index in [2.05, 4.69) is 72.3 Å². The second-order valence-electron chi connectivity index (χ2n) is 20.8. The van der Waals surface area contributed by atoms with Gasteiger partial charge in [-0.15, -0.1) is 0 Å². The molecule has 5 heterocycles. The van der Waals surface area contributed by atoms with Crippen LogP contribution in [0.15, 0.2) is 84.3 Å². The smallest absolute Gasteiger partial charge is 0.273 e. The van der Waals surface area contributed by atoms with E-state index in [0.29, 0.717) is 31.0 Å². The monoisotopic (exact) mass is 866 g/mol. The average molecular weight is 867 g/mol. The van der Waals surface area contributed by atoms with Crippen molar-refractivity contribution >= 4 is 11.8 Å². The molecule has 65 heavy (non-hydrogen) atoms. The Labute approximate surface area is 381 Å². The number of aryl methyl sites for hydroxylation is 3. The molecule has 5 aromatic rings. The lowest BCUT2D eigenvalue weighted by molar-refractivity contribution is -0.122. The first-order valence-electron chi connectivity index (χ1n) is 23.3. The normalized spacial score (nSPS) is 22.0. The number of amides is 2. The van der Waals surface area contributed by atoms with E-state index in [0.717, 1.165) is 120 Å². The molecule has 2 unspecified atom stereocenters. The highest BCUT2D eigenvalue weighted by atomic mass is 16.2. The van der Waals surface area contributed by atoms with Crippen molar-refractivity contribution in [1.29, 1.82) is 0 Å². The molecule has 4 aliphatic carbocycles. The molecule has 2 aliphatic heterocycles. The number of hydrogen-bond acceptors (Lipinski definition) is 9. The predicted octanol–water partition coefficient (Wildman–Crippen LogP) is 6.34. The number of piperazine rings is 1. The van der Waals surface area contributed by atoms with Gasteiger partial charge in [0.05, 0.1) is 46.8 Å². The number of rotatable bonds is 7. The molecule has 12 nitrogen and oxygen atoms in total. The van der Waals surface area contributed by atoms with Crippen molar-refractivity contribution in [1.82, 2.24) is 35.0 Å². The maximum Gasteiger partial charge on any atom is 0.273 e. The van der Waals surface area contributed by atoms with E-state index >= 15 is 0 Å². The fourth-order valence-electron chi connectivity index (χ4n) is 10.7. The van der Waals surface area contributed by atoms with Crippen molar-refractivity contribution in [3.63, 3.8) is 0 Å². The molecule has 12 heteroatoms. The number of fused-ring (bicyclic) bond motifs is 6. The minimum absolute atomic E-state index is 0.0430. The van der Waals surface area contributed by atoms with Crippen LogP contribution in [0.25, 0.3) is 33.8 Å². The summed E-state index contributed by atoms with van der Waals surface area (Å²) in [4.78, 5) is 39.7. The molecule has 2 atom stereocenters. The Kier molecular flexibility index (Phi) is 9.56. The van der Waals surface area contributed by atoms with Crippen molar-refractivity contribution in [3.8, 4) is 45.6 Å². The first-order chi connectivity index (χ1) is 31.1. The third-order valence-corrected chi connectivity index (χ3v) is 14.9. The molecule has 6 aliphatic rings. The van der Waals surface area contributed by atoms with Gasteiger partial charge in [-0.05, 0) is 137 Å². The molecule has 2 amide bonds. The Bertz CT molecular complexity index is 2880. The molecule has 0 radical (unpaired) electrons. The van der Waals surface area contributed by atoms with Gasteiger partial charge in [0.1, 0.15) is 11.4 Å². The minimum atomic E-state index is -0.600. The first kappa shape index (κ1) is 41.6. The van der Waals surface area contributed by atoms with Gasteiger partial charge in [0.2, 0.25) is 0 Å². The molecule has 7 N–H and O–H groups in total. The Morgan fingerprint density at radius 2 is 1.52 bits per heavy atom. The van der Waals surface area contributed by atoms with Gasteiger partial charge in [0.15, 0.2) is 0 Å². The molecule has 3 fully saturated rings. The number of allylic oxidation sites excluding steroid dienone is 1. The topological polar surface area (TPSA) is 174 Å². The zero-order valence-electron chi connectivity index (χ0n) is 37.9. The van der Waals surface area contributed by atoms with E-state index in [1.54, 1.807) is 5.01 Å². The largest absolute Gasteiger partial charge is 0.343 e. The van der Waals surface area contributed by atoms with Crippen molar-refractivity contribution in [2.24, 2.45) is 17.3 Å². The lowest BCUT2D eigenvalue weighted by Crippen LogP contribution is -2.58. The number of nitrogens with two attached hydrogens (primary N) is 3. The van der Waals surface area contributed by atoms with Crippen LogP contribution < -0.4 is 22.6 Å². The average Bonchev–Trinajstić information content (AvgIpc) is 4.20. The summed E-state index contributed by atoms with van der Waals surface area (Å²) in [6.45, 7) is 9.89. The van der Waals surface area contributed by atoms with Gasteiger partial charge >= 0.3 is 0 Å².